The normalized spacial score (nSPS) is 20.9. The molecule has 3 rings (SSSR count). The fourth-order valence-electron chi connectivity index (χ4n) is 1.33. The molecule has 3 fully saturated rings. The van der Waals surface area contributed by atoms with E-state index < -0.39 is 18.7 Å². The predicted octanol–water partition coefficient (Wildman–Crippen LogP) is -0.241. The van der Waals surface area contributed by atoms with Gasteiger partial charge in [0.15, 0.2) is 0 Å². The number of cyclic esters (lactones) is 2. The van der Waals surface area contributed by atoms with Crippen LogP contribution < -0.4 is 0 Å². The van der Waals surface area contributed by atoms with Gasteiger partial charge in [0.1, 0.15) is 41.5 Å². The van der Waals surface area contributed by atoms with Crippen molar-refractivity contribution in [1.29, 1.82) is 0 Å². The molecule has 18 nitrogen and oxygen atoms in total. The second-order valence-electron chi connectivity index (χ2n) is 7.77. The third-order valence-electron chi connectivity index (χ3n) is 3.48. The minimum Gasteiger partial charge on any atom is -0.462 e. The molecule has 3 heterocycles. The molecule has 0 aliphatic carbocycles. The van der Waals surface area contributed by atoms with Crippen LogP contribution in [0.15, 0.2) is 0 Å². The molecule has 0 aromatic heterocycles. The Labute approximate surface area is 273 Å². The molecule has 7 N–H and O–H groups in total. The maximum atomic E-state index is 10.0. The molecular formula is C25H62O18P2. The summed E-state index contributed by atoms with van der Waals surface area (Å²) in [6.45, 7) is 15.0. The maximum Gasteiger partial charge on any atom is 0.508 e. The number of carbonyl (C=O) groups excluding carboxylic acids is 3. The van der Waals surface area contributed by atoms with Gasteiger partial charge >= 0.3 is 6.16 Å². The van der Waals surface area contributed by atoms with Crippen molar-refractivity contribution in [3.05, 3.63) is 0 Å². The number of rotatable bonds is 7. The number of hydrogen-bond donors (Lipinski definition) is 7. The summed E-state index contributed by atoms with van der Waals surface area (Å²) in [7, 11) is 5.14. The molecule has 0 radical (unpaired) electrons. The van der Waals surface area contributed by atoms with Crippen molar-refractivity contribution in [1.82, 2.24) is 0 Å². The van der Waals surface area contributed by atoms with Gasteiger partial charge in [0.25, 0.3) is 12.9 Å². The Balaban J connectivity index is -0.0000000503. The van der Waals surface area contributed by atoms with E-state index in [-0.39, 0.29) is 53.9 Å². The van der Waals surface area contributed by atoms with E-state index in [1.54, 1.807) is 29.9 Å². The molecule has 280 valence electrons. The first-order valence-electron chi connectivity index (χ1n) is 13.1. The van der Waals surface area contributed by atoms with Crippen LogP contribution in [0.5, 0.6) is 0 Å². The molecule has 8 unspecified atom stereocenters. The van der Waals surface area contributed by atoms with Crippen molar-refractivity contribution in [2.75, 3.05) is 60.2 Å². The molecule has 0 aromatic rings. The van der Waals surface area contributed by atoms with Crippen molar-refractivity contribution in [3.8, 4) is 0 Å². The van der Waals surface area contributed by atoms with Gasteiger partial charge in [0.05, 0.1) is 57.5 Å². The fraction of sp³-hybridized carbons (Fsp3) is 0.880. The SMILES string of the molecule is C=O.CC(CO)OC=O.CC(CO)OCO.CC(O)CO.CC1CO1.CC1COC(=O)O1.CC1COC(O)O1.CO.CP.O=P.[HH].[HH]. The highest BCUT2D eigenvalue weighted by Crippen LogP contribution is 2.06. The zero-order chi connectivity index (χ0) is 37.2. The number of carbonyl (C=O) groups is 3. The first kappa shape index (κ1) is 59.0. The molecule has 0 saturated carbocycles. The molecule has 3 aliphatic heterocycles. The van der Waals surface area contributed by atoms with Crippen LogP contribution in [0, 0.1) is 0 Å². The Bertz CT molecular complexity index is 549. The summed E-state index contributed by atoms with van der Waals surface area (Å²) in [5.41, 5.74) is 0. The Morgan fingerprint density at radius 3 is 1.42 bits per heavy atom. The van der Waals surface area contributed by atoms with E-state index in [4.69, 9.17) is 54.6 Å². The highest BCUT2D eigenvalue weighted by Gasteiger charge is 2.19. The van der Waals surface area contributed by atoms with E-state index in [1.807, 2.05) is 20.4 Å². The number of aliphatic hydroxyl groups excluding tert-OH is 7. The van der Waals surface area contributed by atoms with E-state index in [1.165, 1.54) is 6.92 Å². The minimum atomic E-state index is -0.977. The van der Waals surface area contributed by atoms with Gasteiger partial charge in [-0.2, -0.15) is 0 Å². The molecule has 0 aromatic carbocycles. The predicted molar refractivity (Wildman–Crippen MR) is 171 cm³/mol. The molecule has 0 amide bonds. The largest absolute Gasteiger partial charge is 0.508 e. The second kappa shape index (κ2) is 52.1. The van der Waals surface area contributed by atoms with Crippen LogP contribution in [0.25, 0.3) is 0 Å². The summed E-state index contributed by atoms with van der Waals surface area (Å²) < 4.78 is 39.7. The maximum absolute atomic E-state index is 10.0. The molecule has 0 bridgehead atoms. The van der Waals surface area contributed by atoms with Crippen LogP contribution in [0.2, 0.25) is 0 Å². The number of hydrogen-bond acceptors (Lipinski definition) is 18. The van der Waals surface area contributed by atoms with Gasteiger partial charge in [0.2, 0.25) is 0 Å². The monoisotopic (exact) mass is 712 g/mol. The molecular weight excluding hydrogens is 650 g/mol. The summed E-state index contributed by atoms with van der Waals surface area (Å²) in [5.74, 6) is 0. The van der Waals surface area contributed by atoms with Crippen LogP contribution in [0.1, 0.15) is 44.4 Å². The topological polar surface area (TPSA) is 278 Å². The van der Waals surface area contributed by atoms with Gasteiger partial charge < -0.3 is 73.7 Å². The molecule has 3 aliphatic rings. The van der Waals surface area contributed by atoms with E-state index >= 15 is 0 Å². The van der Waals surface area contributed by atoms with E-state index in [9.17, 15) is 9.59 Å². The molecule has 45 heavy (non-hydrogen) atoms. The van der Waals surface area contributed by atoms with E-state index in [0.717, 1.165) is 13.7 Å². The van der Waals surface area contributed by atoms with Gasteiger partial charge in [-0.1, -0.05) is 6.66 Å². The van der Waals surface area contributed by atoms with Crippen LogP contribution in [0.4, 0.5) is 4.79 Å². The Morgan fingerprint density at radius 1 is 0.911 bits per heavy atom. The lowest BCUT2D eigenvalue weighted by atomic mass is 10.4. The highest BCUT2D eigenvalue weighted by molar-refractivity contribution is 7.15. The minimum absolute atomic E-state index is 0. The standard InChI is InChI=1S/C4H8O3.C4H6O3.C4H10O3.C4H8O3.C3H8O2.C3H6O.CH4O.CH2O.CH5P.HOP.2H2/c2*1-3-2-6-4(5)7-3;2*1-4(2-5)7-3-6;1-3(5)2-4;1-3-2-4-3;4*1-2;;/h3-5H,2H2,1H3;3H,2H2,1H3;4-6H,2-3H2,1H3;3-5H,2H2,1H3;3-5H,2H2,1H3;3H,2H2,1H3;2H,1H3;1H2;2H2,1H3;2H;2*1H. The summed E-state index contributed by atoms with van der Waals surface area (Å²) in [6, 6.07) is 0. The van der Waals surface area contributed by atoms with Gasteiger partial charge in [-0.05, 0) is 41.5 Å². The number of aliphatic hydroxyl groups is 7. The number of ether oxygens (including phenoxy) is 7. The Hall–Kier alpha value is -1.50. The quantitative estimate of drug-likeness (QED) is 0.0589. The lowest BCUT2D eigenvalue weighted by Gasteiger charge is -2.04. The zero-order valence-electron chi connectivity index (χ0n) is 27.5. The molecule has 8 atom stereocenters. The van der Waals surface area contributed by atoms with Crippen LogP contribution in [-0.2, 0) is 47.3 Å². The fourth-order valence-corrected chi connectivity index (χ4v) is 1.33. The first-order valence-corrected chi connectivity index (χ1v) is 14.7. The Kier molecular flexibility index (Phi) is 68.2. The lowest BCUT2D eigenvalue weighted by Crippen LogP contribution is -2.12. The summed E-state index contributed by atoms with van der Waals surface area (Å²) in [5, 5.41) is 55.9. The van der Waals surface area contributed by atoms with Crippen molar-refractivity contribution in [2.45, 2.75) is 84.6 Å². The van der Waals surface area contributed by atoms with Gasteiger partial charge in [-0.25, -0.2) is 4.79 Å². The van der Waals surface area contributed by atoms with Crippen molar-refractivity contribution >= 4 is 37.8 Å². The van der Waals surface area contributed by atoms with Gasteiger partial charge in [0, 0.05) is 9.96 Å². The number of epoxide rings is 1. The summed E-state index contributed by atoms with van der Waals surface area (Å²) in [4.78, 5) is 27.4. The van der Waals surface area contributed by atoms with Crippen LogP contribution >= 0.6 is 18.4 Å². The zero-order valence-corrected chi connectivity index (χ0v) is 29.6. The second-order valence-corrected chi connectivity index (χ2v) is 7.77. The smallest absolute Gasteiger partial charge is 0.462 e. The third kappa shape index (κ3) is 70.3. The Morgan fingerprint density at radius 2 is 1.33 bits per heavy atom. The van der Waals surface area contributed by atoms with Crippen molar-refractivity contribution < 1.29 is 90.7 Å². The van der Waals surface area contributed by atoms with Crippen molar-refractivity contribution in [3.63, 3.8) is 0 Å². The van der Waals surface area contributed by atoms with Crippen molar-refractivity contribution in [2.24, 2.45) is 0 Å². The van der Waals surface area contributed by atoms with Crippen LogP contribution in [-0.4, -0.2) is 158 Å². The highest BCUT2D eigenvalue weighted by atomic mass is 31.0. The average Bonchev–Trinajstić information content (AvgIpc) is 3.61. The molecule has 0 spiro atoms. The van der Waals surface area contributed by atoms with Gasteiger partial charge in [-0.3, -0.25) is 9.36 Å². The summed E-state index contributed by atoms with van der Waals surface area (Å²) in [6.07, 6.45) is -1.13. The van der Waals surface area contributed by atoms with E-state index in [0.29, 0.717) is 25.8 Å². The summed E-state index contributed by atoms with van der Waals surface area (Å²) >= 11 is 0. The molecule has 20 heteroatoms. The van der Waals surface area contributed by atoms with E-state index in [2.05, 4.69) is 39.8 Å². The van der Waals surface area contributed by atoms with Gasteiger partial charge in [-0.15, -0.1) is 9.24 Å². The van der Waals surface area contributed by atoms with Crippen LogP contribution in [0.3, 0.4) is 0 Å². The first-order chi connectivity index (χ1) is 21.4. The third-order valence-corrected chi connectivity index (χ3v) is 3.48. The molecule has 3 saturated heterocycles. The lowest BCUT2D eigenvalue weighted by molar-refractivity contribution is -0.202. The average molecular weight is 713 g/mol.